The Labute approximate surface area is 96.3 Å². The minimum absolute atomic E-state index is 0.316. The molecule has 0 spiro atoms. The van der Waals surface area contributed by atoms with Crippen molar-refractivity contribution in [3.8, 4) is 5.75 Å². The molecule has 0 unspecified atom stereocenters. The minimum Gasteiger partial charge on any atom is -0.496 e. The van der Waals surface area contributed by atoms with Gasteiger partial charge in [-0.25, -0.2) is 0 Å². The van der Waals surface area contributed by atoms with Crippen LogP contribution in [0.1, 0.15) is 16.7 Å². The molecular formula is C13H18O3. The third kappa shape index (κ3) is 1.60. The SMILES string of the molecule is COc1cc(C)cc(C)c1C1(OC)COC1. The topological polar surface area (TPSA) is 27.7 Å². The van der Waals surface area contributed by atoms with Crippen molar-refractivity contribution in [2.45, 2.75) is 19.4 Å². The Morgan fingerprint density at radius 1 is 1.19 bits per heavy atom. The Hall–Kier alpha value is -1.06. The molecule has 2 rings (SSSR count). The lowest BCUT2D eigenvalue weighted by molar-refractivity contribution is -0.203. The second kappa shape index (κ2) is 4.07. The van der Waals surface area contributed by atoms with E-state index in [-0.39, 0.29) is 5.60 Å². The van der Waals surface area contributed by atoms with E-state index in [2.05, 4.69) is 19.9 Å². The zero-order valence-corrected chi connectivity index (χ0v) is 10.3. The fourth-order valence-corrected chi connectivity index (χ4v) is 2.33. The highest BCUT2D eigenvalue weighted by atomic mass is 16.6. The molecule has 1 heterocycles. The van der Waals surface area contributed by atoms with Crippen LogP contribution in [-0.4, -0.2) is 27.4 Å². The molecule has 1 aromatic rings. The van der Waals surface area contributed by atoms with E-state index >= 15 is 0 Å². The van der Waals surface area contributed by atoms with Gasteiger partial charge in [0.05, 0.1) is 20.3 Å². The third-order valence-electron chi connectivity index (χ3n) is 3.18. The Morgan fingerprint density at radius 2 is 1.88 bits per heavy atom. The number of benzene rings is 1. The maximum absolute atomic E-state index is 5.62. The lowest BCUT2D eigenvalue weighted by Crippen LogP contribution is -2.49. The van der Waals surface area contributed by atoms with Crippen LogP contribution in [0.4, 0.5) is 0 Å². The summed E-state index contributed by atoms with van der Waals surface area (Å²) in [4.78, 5) is 0. The van der Waals surface area contributed by atoms with E-state index in [0.29, 0.717) is 13.2 Å². The van der Waals surface area contributed by atoms with Crippen LogP contribution in [0.2, 0.25) is 0 Å². The number of aryl methyl sites for hydroxylation is 2. The van der Waals surface area contributed by atoms with Crippen molar-refractivity contribution in [2.24, 2.45) is 0 Å². The molecule has 0 radical (unpaired) electrons. The van der Waals surface area contributed by atoms with Gasteiger partial charge in [-0.1, -0.05) is 6.07 Å². The third-order valence-corrected chi connectivity index (χ3v) is 3.18. The van der Waals surface area contributed by atoms with Crippen LogP contribution in [0.15, 0.2) is 12.1 Å². The molecule has 1 aliphatic heterocycles. The smallest absolute Gasteiger partial charge is 0.143 e. The summed E-state index contributed by atoms with van der Waals surface area (Å²) < 4.78 is 16.4. The monoisotopic (exact) mass is 222 g/mol. The average molecular weight is 222 g/mol. The standard InChI is InChI=1S/C13H18O3/c1-9-5-10(2)12(11(6-9)14-3)13(15-4)7-16-8-13/h5-6H,7-8H2,1-4H3. The van der Waals surface area contributed by atoms with Crippen molar-refractivity contribution < 1.29 is 14.2 Å². The summed E-state index contributed by atoms with van der Waals surface area (Å²) >= 11 is 0. The number of hydrogen-bond acceptors (Lipinski definition) is 3. The van der Waals surface area contributed by atoms with E-state index in [1.165, 1.54) is 11.1 Å². The predicted octanol–water partition coefficient (Wildman–Crippen LogP) is 2.18. The summed E-state index contributed by atoms with van der Waals surface area (Å²) in [5, 5.41) is 0. The zero-order chi connectivity index (χ0) is 11.8. The van der Waals surface area contributed by atoms with Crippen molar-refractivity contribution in [2.75, 3.05) is 27.4 Å². The minimum atomic E-state index is -0.316. The van der Waals surface area contributed by atoms with Crippen LogP contribution < -0.4 is 4.74 Å². The van der Waals surface area contributed by atoms with Crippen LogP contribution in [0.3, 0.4) is 0 Å². The fraction of sp³-hybridized carbons (Fsp3) is 0.538. The van der Waals surface area contributed by atoms with Gasteiger partial charge in [-0.2, -0.15) is 0 Å². The van der Waals surface area contributed by atoms with Gasteiger partial charge < -0.3 is 14.2 Å². The van der Waals surface area contributed by atoms with E-state index in [4.69, 9.17) is 14.2 Å². The zero-order valence-electron chi connectivity index (χ0n) is 10.3. The maximum Gasteiger partial charge on any atom is 0.143 e. The van der Waals surface area contributed by atoms with Crippen LogP contribution in [-0.2, 0) is 15.1 Å². The highest BCUT2D eigenvalue weighted by Crippen LogP contribution is 2.41. The Kier molecular flexibility index (Phi) is 2.91. The number of methoxy groups -OCH3 is 2. The molecule has 0 aromatic heterocycles. The summed E-state index contributed by atoms with van der Waals surface area (Å²) in [5.74, 6) is 0.891. The molecule has 0 atom stereocenters. The molecule has 0 bridgehead atoms. The normalized spacial score (nSPS) is 18.0. The van der Waals surface area contributed by atoms with Crippen LogP contribution in [0, 0.1) is 13.8 Å². The van der Waals surface area contributed by atoms with Gasteiger partial charge >= 0.3 is 0 Å². The fourth-order valence-electron chi connectivity index (χ4n) is 2.33. The Balaban J connectivity index is 2.54. The molecule has 16 heavy (non-hydrogen) atoms. The summed E-state index contributed by atoms with van der Waals surface area (Å²) in [6.45, 7) is 5.35. The summed E-state index contributed by atoms with van der Waals surface area (Å²) in [6, 6.07) is 4.19. The largest absolute Gasteiger partial charge is 0.496 e. The number of ether oxygens (including phenoxy) is 3. The van der Waals surface area contributed by atoms with Crippen molar-refractivity contribution in [1.82, 2.24) is 0 Å². The summed E-state index contributed by atoms with van der Waals surface area (Å²) in [6.07, 6.45) is 0. The lowest BCUT2D eigenvalue weighted by atomic mass is 9.86. The van der Waals surface area contributed by atoms with E-state index < -0.39 is 0 Å². The second-order valence-electron chi connectivity index (χ2n) is 4.35. The molecule has 88 valence electrons. The van der Waals surface area contributed by atoms with Gasteiger partial charge in [0.15, 0.2) is 0 Å². The second-order valence-corrected chi connectivity index (χ2v) is 4.35. The van der Waals surface area contributed by atoms with E-state index in [1.807, 2.05) is 6.07 Å². The highest BCUT2D eigenvalue weighted by molar-refractivity contribution is 5.47. The molecule has 1 fully saturated rings. The van der Waals surface area contributed by atoms with Crippen molar-refractivity contribution in [3.63, 3.8) is 0 Å². The molecule has 1 aromatic carbocycles. The van der Waals surface area contributed by atoms with Gasteiger partial charge in [-0.05, 0) is 31.0 Å². The Bertz CT molecular complexity index is 389. The summed E-state index contributed by atoms with van der Waals surface area (Å²) in [7, 11) is 3.42. The first-order valence-corrected chi connectivity index (χ1v) is 5.41. The van der Waals surface area contributed by atoms with Crippen molar-refractivity contribution in [3.05, 3.63) is 28.8 Å². The molecule has 0 saturated carbocycles. The molecule has 1 saturated heterocycles. The highest BCUT2D eigenvalue weighted by Gasteiger charge is 2.43. The van der Waals surface area contributed by atoms with Crippen molar-refractivity contribution in [1.29, 1.82) is 0 Å². The first kappa shape index (κ1) is 11.4. The van der Waals surface area contributed by atoms with Gasteiger partial charge in [0.2, 0.25) is 0 Å². The van der Waals surface area contributed by atoms with Crippen LogP contribution in [0.5, 0.6) is 5.75 Å². The molecule has 0 N–H and O–H groups in total. The van der Waals surface area contributed by atoms with Gasteiger partial charge in [0.1, 0.15) is 11.4 Å². The molecule has 0 amide bonds. The number of rotatable bonds is 3. The van der Waals surface area contributed by atoms with Crippen LogP contribution in [0.25, 0.3) is 0 Å². The average Bonchev–Trinajstić information content (AvgIpc) is 2.19. The number of hydrogen-bond donors (Lipinski definition) is 0. The molecular weight excluding hydrogens is 204 g/mol. The van der Waals surface area contributed by atoms with Crippen LogP contribution >= 0.6 is 0 Å². The van der Waals surface area contributed by atoms with E-state index in [9.17, 15) is 0 Å². The molecule has 3 nitrogen and oxygen atoms in total. The maximum atomic E-state index is 5.62. The molecule has 3 heteroatoms. The molecule has 0 aliphatic carbocycles. The van der Waals surface area contributed by atoms with Crippen molar-refractivity contribution >= 4 is 0 Å². The lowest BCUT2D eigenvalue weighted by Gasteiger charge is -2.42. The van der Waals surface area contributed by atoms with Gasteiger partial charge in [-0.3, -0.25) is 0 Å². The molecule has 1 aliphatic rings. The van der Waals surface area contributed by atoms with Gasteiger partial charge in [0.25, 0.3) is 0 Å². The Morgan fingerprint density at radius 3 is 2.31 bits per heavy atom. The van der Waals surface area contributed by atoms with E-state index in [0.717, 1.165) is 11.3 Å². The predicted molar refractivity (Wildman–Crippen MR) is 62.0 cm³/mol. The quantitative estimate of drug-likeness (QED) is 0.784. The first-order chi connectivity index (χ1) is 7.63. The van der Waals surface area contributed by atoms with E-state index in [1.54, 1.807) is 14.2 Å². The first-order valence-electron chi connectivity index (χ1n) is 5.41. The van der Waals surface area contributed by atoms with Gasteiger partial charge in [-0.15, -0.1) is 0 Å². The van der Waals surface area contributed by atoms with Gasteiger partial charge in [0, 0.05) is 12.7 Å². The summed E-state index contributed by atoms with van der Waals surface area (Å²) in [5.41, 5.74) is 3.20.